The molecule has 0 aliphatic carbocycles. The van der Waals surface area contributed by atoms with Gasteiger partial charge in [0.25, 0.3) is 0 Å². The van der Waals surface area contributed by atoms with Crippen molar-refractivity contribution < 1.29 is 4.43 Å². The van der Waals surface area contributed by atoms with E-state index in [0.717, 1.165) is 0 Å². The molecule has 0 aliphatic heterocycles. The molecule has 0 rings (SSSR count). The molecule has 0 aromatic heterocycles. The quantitative estimate of drug-likeness (QED) is 0.203. The molecule has 0 bridgehead atoms. The standard InChI is InChI=1S/C20H45OSi2/c1-7-8-9-10-11-12-13-14-15-16-17-18-20(21-22(2)3)19-23(4,5)6/h20H,7-19H2,1-6H3. The number of hydrogen-bond acceptors (Lipinski definition) is 1. The van der Waals surface area contributed by atoms with E-state index in [9.17, 15) is 0 Å². The van der Waals surface area contributed by atoms with Crippen LogP contribution in [0.2, 0.25) is 38.8 Å². The first kappa shape index (κ1) is 23.4. The Labute approximate surface area is 150 Å². The summed E-state index contributed by atoms with van der Waals surface area (Å²) < 4.78 is 6.25. The molecule has 0 fully saturated rings. The van der Waals surface area contributed by atoms with E-state index < -0.39 is 17.1 Å². The van der Waals surface area contributed by atoms with Gasteiger partial charge in [0.2, 0.25) is 9.04 Å². The lowest BCUT2D eigenvalue weighted by Crippen LogP contribution is -2.31. The van der Waals surface area contributed by atoms with Crippen molar-refractivity contribution >= 4 is 17.1 Å². The zero-order chi connectivity index (χ0) is 17.6. The van der Waals surface area contributed by atoms with Gasteiger partial charge in [-0.3, -0.25) is 0 Å². The van der Waals surface area contributed by atoms with E-state index in [1.165, 1.54) is 83.1 Å². The highest BCUT2D eigenvalue weighted by Gasteiger charge is 2.21. The lowest BCUT2D eigenvalue weighted by atomic mass is 10.0. The van der Waals surface area contributed by atoms with Crippen molar-refractivity contribution in [2.75, 3.05) is 0 Å². The highest BCUT2D eigenvalue weighted by Crippen LogP contribution is 2.20. The van der Waals surface area contributed by atoms with E-state index in [1.807, 2.05) is 0 Å². The molecule has 0 aromatic rings. The van der Waals surface area contributed by atoms with Crippen molar-refractivity contribution in [2.45, 2.75) is 129 Å². The summed E-state index contributed by atoms with van der Waals surface area (Å²) in [6.07, 6.45) is 17.6. The van der Waals surface area contributed by atoms with E-state index in [1.54, 1.807) is 0 Å². The summed E-state index contributed by atoms with van der Waals surface area (Å²) in [4.78, 5) is 0. The third-order valence-electron chi connectivity index (χ3n) is 4.37. The van der Waals surface area contributed by atoms with Gasteiger partial charge in [-0.1, -0.05) is 97.2 Å². The van der Waals surface area contributed by atoms with Gasteiger partial charge >= 0.3 is 0 Å². The lowest BCUT2D eigenvalue weighted by molar-refractivity contribution is 0.207. The highest BCUT2D eigenvalue weighted by molar-refractivity contribution is 6.76. The molecule has 1 atom stereocenters. The van der Waals surface area contributed by atoms with Gasteiger partial charge in [0.05, 0.1) is 0 Å². The van der Waals surface area contributed by atoms with E-state index >= 15 is 0 Å². The van der Waals surface area contributed by atoms with Gasteiger partial charge in [0.1, 0.15) is 0 Å². The fourth-order valence-electron chi connectivity index (χ4n) is 3.26. The molecule has 0 spiro atoms. The van der Waals surface area contributed by atoms with Crippen molar-refractivity contribution in [3.8, 4) is 0 Å². The molecule has 0 N–H and O–H groups in total. The summed E-state index contributed by atoms with van der Waals surface area (Å²) >= 11 is 0. The van der Waals surface area contributed by atoms with Crippen LogP contribution in [0, 0.1) is 0 Å². The van der Waals surface area contributed by atoms with Crippen molar-refractivity contribution in [1.82, 2.24) is 0 Å². The zero-order valence-corrected chi connectivity index (χ0v) is 19.2. The normalized spacial score (nSPS) is 13.7. The molecule has 0 saturated carbocycles. The average Bonchev–Trinajstić information content (AvgIpc) is 2.42. The summed E-state index contributed by atoms with van der Waals surface area (Å²) in [6.45, 7) is 14.3. The first-order chi connectivity index (χ1) is 10.8. The Balaban J connectivity index is 3.55. The van der Waals surface area contributed by atoms with Gasteiger partial charge in [-0.25, -0.2) is 0 Å². The van der Waals surface area contributed by atoms with Gasteiger partial charge in [-0.05, 0) is 25.6 Å². The van der Waals surface area contributed by atoms with Crippen LogP contribution in [-0.4, -0.2) is 23.2 Å². The summed E-state index contributed by atoms with van der Waals surface area (Å²) in [5.74, 6) is 0. The van der Waals surface area contributed by atoms with E-state index in [0.29, 0.717) is 6.10 Å². The molecule has 1 radical (unpaired) electrons. The van der Waals surface area contributed by atoms with E-state index in [-0.39, 0.29) is 0 Å². The second-order valence-corrected chi connectivity index (χ2v) is 16.3. The van der Waals surface area contributed by atoms with Crippen LogP contribution >= 0.6 is 0 Å². The van der Waals surface area contributed by atoms with Crippen LogP contribution in [-0.2, 0) is 4.43 Å². The van der Waals surface area contributed by atoms with Crippen LogP contribution in [0.15, 0.2) is 0 Å². The Kier molecular flexibility index (Phi) is 15.0. The van der Waals surface area contributed by atoms with Gasteiger partial charge in [-0.2, -0.15) is 0 Å². The van der Waals surface area contributed by atoms with Crippen LogP contribution in [0.25, 0.3) is 0 Å². The maximum atomic E-state index is 6.25. The molecular formula is C20H45OSi2. The third-order valence-corrected chi connectivity index (χ3v) is 6.86. The minimum absolute atomic E-state index is 0.546. The van der Waals surface area contributed by atoms with Gasteiger partial charge in [0.15, 0.2) is 0 Å². The molecular weight excluding hydrogens is 312 g/mol. The molecule has 1 nitrogen and oxygen atoms in total. The smallest absolute Gasteiger partial charge is 0.205 e. The third kappa shape index (κ3) is 18.6. The lowest BCUT2D eigenvalue weighted by Gasteiger charge is -2.26. The Bertz CT molecular complexity index is 249. The molecule has 1 unspecified atom stereocenters. The van der Waals surface area contributed by atoms with Crippen LogP contribution in [0.3, 0.4) is 0 Å². The molecule has 0 aliphatic rings. The highest BCUT2D eigenvalue weighted by atomic mass is 28.3. The molecule has 0 amide bonds. The van der Waals surface area contributed by atoms with Crippen molar-refractivity contribution in [3.05, 3.63) is 0 Å². The first-order valence-electron chi connectivity index (χ1n) is 10.3. The Morgan fingerprint density at radius 3 is 1.57 bits per heavy atom. The fourth-order valence-corrected chi connectivity index (χ4v) is 5.94. The number of rotatable bonds is 16. The Morgan fingerprint density at radius 2 is 1.17 bits per heavy atom. The molecule has 23 heavy (non-hydrogen) atoms. The minimum atomic E-state index is -0.996. The summed E-state index contributed by atoms with van der Waals surface area (Å²) in [5, 5.41) is 0. The molecule has 139 valence electrons. The maximum Gasteiger partial charge on any atom is 0.205 e. The summed E-state index contributed by atoms with van der Waals surface area (Å²) in [6, 6.07) is 1.35. The summed E-state index contributed by atoms with van der Waals surface area (Å²) in [5.41, 5.74) is 0. The molecule has 3 heteroatoms. The predicted octanol–water partition coefficient (Wildman–Crippen LogP) is 7.66. The van der Waals surface area contributed by atoms with Gasteiger partial charge in [-0.15, -0.1) is 0 Å². The van der Waals surface area contributed by atoms with Gasteiger partial charge in [0, 0.05) is 14.2 Å². The monoisotopic (exact) mass is 357 g/mol. The van der Waals surface area contributed by atoms with Crippen molar-refractivity contribution in [2.24, 2.45) is 0 Å². The zero-order valence-electron chi connectivity index (χ0n) is 17.2. The fraction of sp³-hybridized carbons (Fsp3) is 1.00. The van der Waals surface area contributed by atoms with Crippen LogP contribution in [0.4, 0.5) is 0 Å². The topological polar surface area (TPSA) is 9.23 Å². The number of unbranched alkanes of at least 4 members (excludes halogenated alkanes) is 10. The predicted molar refractivity (Wildman–Crippen MR) is 112 cm³/mol. The second kappa shape index (κ2) is 14.7. The maximum absolute atomic E-state index is 6.25. The minimum Gasteiger partial charge on any atom is -0.415 e. The summed E-state index contributed by atoms with van der Waals surface area (Å²) in [7, 11) is -1.54. The molecule has 0 saturated heterocycles. The van der Waals surface area contributed by atoms with Crippen LogP contribution < -0.4 is 0 Å². The first-order valence-corrected chi connectivity index (χ1v) is 16.4. The molecule has 0 heterocycles. The van der Waals surface area contributed by atoms with Crippen molar-refractivity contribution in [3.63, 3.8) is 0 Å². The van der Waals surface area contributed by atoms with Crippen LogP contribution in [0.5, 0.6) is 0 Å². The largest absolute Gasteiger partial charge is 0.415 e. The second-order valence-electron chi connectivity index (χ2n) is 8.74. The Morgan fingerprint density at radius 1 is 0.739 bits per heavy atom. The SMILES string of the molecule is CCCCCCCCCCCCCC(C[Si](C)(C)C)O[Si](C)C. The number of hydrogen-bond donors (Lipinski definition) is 0. The van der Waals surface area contributed by atoms with E-state index in [2.05, 4.69) is 39.7 Å². The van der Waals surface area contributed by atoms with Crippen LogP contribution in [0.1, 0.15) is 84.0 Å². The molecule has 0 aromatic carbocycles. The Hall–Kier alpha value is 0.394. The van der Waals surface area contributed by atoms with Crippen molar-refractivity contribution in [1.29, 1.82) is 0 Å². The average molecular weight is 358 g/mol. The van der Waals surface area contributed by atoms with Gasteiger partial charge < -0.3 is 4.43 Å². The van der Waals surface area contributed by atoms with E-state index in [4.69, 9.17) is 4.43 Å².